The van der Waals surface area contributed by atoms with Gasteiger partial charge in [-0.2, -0.15) is 0 Å². The van der Waals surface area contributed by atoms with Crippen LogP contribution < -0.4 is 0 Å². The molecule has 4 nitrogen and oxygen atoms in total. The third-order valence-electron chi connectivity index (χ3n) is 1.87. The van der Waals surface area contributed by atoms with Crippen molar-refractivity contribution < 1.29 is 33.5 Å². The number of carbonyl (C=O) groups is 1. The normalized spacial score (nSPS) is 11.3. The van der Waals surface area contributed by atoms with E-state index in [4.69, 9.17) is 6.64 Å². The van der Waals surface area contributed by atoms with E-state index in [0.717, 1.165) is 0 Å². The third-order valence-corrected chi connectivity index (χ3v) is 6.38. The van der Waals surface area contributed by atoms with Gasteiger partial charge in [0.15, 0.2) is 0 Å². The molecule has 0 aromatic carbocycles. The van der Waals surface area contributed by atoms with Crippen molar-refractivity contribution in [3.63, 3.8) is 0 Å². The summed E-state index contributed by atoms with van der Waals surface area (Å²) in [4.78, 5) is 10.8. The molecule has 0 radical (unpaired) electrons. The minimum absolute atomic E-state index is 0.207. The molecule has 0 aromatic rings. The zero-order chi connectivity index (χ0) is 9.61. The molecular formula is C7H16O4Ti. The summed E-state index contributed by atoms with van der Waals surface area (Å²) in [6.07, 6.45) is 0.384. The first-order valence-electron chi connectivity index (χ1n) is 3.75. The molecule has 0 fully saturated rings. The van der Waals surface area contributed by atoms with Gasteiger partial charge in [0.25, 0.3) is 0 Å². The predicted octanol–water partition coefficient (Wildman–Crippen LogP) is 1.29. The Morgan fingerprint density at radius 1 is 1.25 bits per heavy atom. The standard InChI is InChI=1S/C4H7O2.2CH3O.CH3.Ti/c1-3-4(5)6-2;2*1-2;;/h1,3H2,2H3;2*1H3;1H3;/q;2*-1;;+2. The Labute approximate surface area is 77.5 Å². The van der Waals surface area contributed by atoms with Crippen LogP contribution in [0.25, 0.3) is 0 Å². The monoisotopic (exact) mass is 212 g/mol. The fourth-order valence-corrected chi connectivity index (χ4v) is 2.64. The maximum absolute atomic E-state index is 10.8. The van der Waals surface area contributed by atoms with Gasteiger partial charge >= 0.3 is 77.2 Å². The van der Waals surface area contributed by atoms with Crippen molar-refractivity contribution in [3.8, 4) is 0 Å². The summed E-state index contributed by atoms with van der Waals surface area (Å²) >= 11 is -2.56. The van der Waals surface area contributed by atoms with Crippen LogP contribution in [-0.2, 0) is 33.5 Å². The zero-order valence-corrected chi connectivity index (χ0v) is 9.61. The predicted molar refractivity (Wildman–Crippen MR) is 41.3 cm³/mol. The second-order valence-corrected chi connectivity index (χ2v) is 8.21. The fourth-order valence-electron chi connectivity index (χ4n) is 0.719. The first-order chi connectivity index (χ1) is 5.58. The van der Waals surface area contributed by atoms with Gasteiger partial charge in [0.2, 0.25) is 0 Å². The molecule has 0 amide bonds. The number of ether oxygens (including phenoxy) is 1. The molecule has 0 unspecified atom stereocenters. The summed E-state index contributed by atoms with van der Waals surface area (Å²) in [7, 11) is 4.63. The molecule has 0 saturated heterocycles. The van der Waals surface area contributed by atoms with Crippen molar-refractivity contribution in [1.29, 1.82) is 0 Å². The number of rotatable bonds is 5. The van der Waals surface area contributed by atoms with Gasteiger partial charge < -0.3 is 0 Å². The van der Waals surface area contributed by atoms with Crippen LogP contribution in [0, 0.1) is 0 Å². The molecule has 0 aliphatic heterocycles. The Hall–Kier alpha value is 0.104. The van der Waals surface area contributed by atoms with Crippen LogP contribution in [0.4, 0.5) is 0 Å². The molecule has 0 atom stereocenters. The van der Waals surface area contributed by atoms with E-state index in [2.05, 4.69) is 4.74 Å². The van der Waals surface area contributed by atoms with Crippen molar-refractivity contribution in [3.05, 3.63) is 0 Å². The summed E-state index contributed by atoms with van der Waals surface area (Å²) < 4.78 is 15.7. The molecule has 0 spiro atoms. The van der Waals surface area contributed by atoms with Gasteiger partial charge in [-0.15, -0.1) is 0 Å². The number of esters is 1. The van der Waals surface area contributed by atoms with E-state index in [0.29, 0.717) is 11.1 Å². The van der Waals surface area contributed by atoms with Crippen LogP contribution >= 0.6 is 0 Å². The van der Waals surface area contributed by atoms with Gasteiger partial charge in [0, 0.05) is 0 Å². The molecule has 0 bridgehead atoms. The quantitative estimate of drug-likeness (QED) is 0.508. The summed E-state index contributed by atoms with van der Waals surface area (Å²) in [6.45, 7) is 0. The van der Waals surface area contributed by atoms with Gasteiger partial charge in [0.05, 0.1) is 0 Å². The summed E-state index contributed by atoms with van der Waals surface area (Å²) in [5.41, 5.74) is 0. The minimum atomic E-state index is -2.56. The van der Waals surface area contributed by atoms with E-state index < -0.39 is 17.4 Å². The van der Waals surface area contributed by atoms with E-state index in [9.17, 15) is 4.79 Å². The number of hydrogen-bond donors (Lipinski definition) is 0. The number of carbonyl (C=O) groups excluding carboxylic acids is 1. The van der Waals surface area contributed by atoms with Crippen molar-refractivity contribution in [2.24, 2.45) is 0 Å². The van der Waals surface area contributed by atoms with Gasteiger partial charge in [-0.05, 0) is 0 Å². The average Bonchev–Trinajstić information content (AvgIpc) is 2.13. The number of methoxy groups -OCH3 is 1. The van der Waals surface area contributed by atoms with Crippen molar-refractivity contribution >= 4 is 5.97 Å². The average molecular weight is 212 g/mol. The Balaban J connectivity index is 3.80. The Morgan fingerprint density at radius 3 is 2.08 bits per heavy atom. The number of hydrogen-bond acceptors (Lipinski definition) is 4. The Morgan fingerprint density at radius 2 is 1.75 bits per heavy atom. The van der Waals surface area contributed by atoms with Crippen molar-refractivity contribution in [2.75, 3.05) is 21.3 Å². The molecule has 72 valence electrons. The van der Waals surface area contributed by atoms with Crippen LogP contribution in [0.1, 0.15) is 6.42 Å². The van der Waals surface area contributed by atoms with Crippen LogP contribution in [0.5, 0.6) is 0 Å². The molecule has 5 heteroatoms. The van der Waals surface area contributed by atoms with Crippen LogP contribution in [0.3, 0.4) is 0 Å². The Bertz CT molecular complexity index is 144. The third kappa shape index (κ3) is 4.21. The van der Waals surface area contributed by atoms with Gasteiger partial charge in [0.1, 0.15) is 0 Å². The van der Waals surface area contributed by atoms with Crippen LogP contribution in [0.15, 0.2) is 0 Å². The van der Waals surface area contributed by atoms with E-state index in [-0.39, 0.29) is 5.97 Å². The second kappa shape index (κ2) is 5.70. The van der Waals surface area contributed by atoms with Crippen LogP contribution in [-0.4, -0.2) is 27.3 Å². The van der Waals surface area contributed by atoms with Crippen LogP contribution in [0.2, 0.25) is 9.95 Å². The summed E-state index contributed by atoms with van der Waals surface area (Å²) in [6, 6.07) is 0. The maximum atomic E-state index is 10.8. The molecule has 0 saturated carbocycles. The topological polar surface area (TPSA) is 44.8 Å². The van der Waals surface area contributed by atoms with Crippen molar-refractivity contribution in [1.82, 2.24) is 0 Å². The van der Waals surface area contributed by atoms with E-state index in [1.807, 2.05) is 5.23 Å². The second-order valence-electron chi connectivity index (χ2n) is 2.62. The zero-order valence-electron chi connectivity index (χ0n) is 8.05. The van der Waals surface area contributed by atoms with Gasteiger partial charge in [-0.3, -0.25) is 0 Å². The fraction of sp³-hybridized carbons (Fsp3) is 0.857. The summed E-state index contributed by atoms with van der Waals surface area (Å²) in [5, 5.41) is 1.96. The van der Waals surface area contributed by atoms with Gasteiger partial charge in [-0.25, -0.2) is 0 Å². The summed E-state index contributed by atoms with van der Waals surface area (Å²) in [5.74, 6) is -0.207. The molecule has 0 aromatic heterocycles. The van der Waals surface area contributed by atoms with E-state index in [1.54, 1.807) is 14.2 Å². The molecule has 0 heterocycles. The van der Waals surface area contributed by atoms with Gasteiger partial charge in [-0.1, -0.05) is 0 Å². The van der Waals surface area contributed by atoms with E-state index >= 15 is 0 Å². The SMILES string of the molecule is COC(=O)C[CH2][Ti]([CH3])([O]C)[O]C. The molecule has 12 heavy (non-hydrogen) atoms. The molecule has 0 N–H and O–H groups in total. The molecule has 0 aliphatic rings. The first-order valence-corrected chi connectivity index (χ1v) is 7.69. The molecule has 0 aliphatic carbocycles. The molecule has 0 rings (SSSR count). The van der Waals surface area contributed by atoms with E-state index in [1.165, 1.54) is 7.11 Å². The Kier molecular flexibility index (Phi) is 5.75. The first kappa shape index (κ1) is 12.1. The van der Waals surface area contributed by atoms with Crippen molar-refractivity contribution in [2.45, 2.75) is 16.4 Å². The molecular weight excluding hydrogens is 196 g/mol.